The minimum absolute atomic E-state index is 0.0412. The third-order valence-electron chi connectivity index (χ3n) is 8.05. The molecule has 212 valence electrons. The molecular formula is C36H52NOP. The molecule has 0 amide bonds. The highest BCUT2D eigenvalue weighted by Crippen LogP contribution is 2.52. The minimum atomic E-state index is -0.0682. The van der Waals surface area contributed by atoms with Gasteiger partial charge in [0.15, 0.2) is 0 Å². The van der Waals surface area contributed by atoms with Crippen LogP contribution in [0.5, 0.6) is 5.75 Å². The summed E-state index contributed by atoms with van der Waals surface area (Å²) >= 11 is 0. The second kappa shape index (κ2) is 12.5. The van der Waals surface area contributed by atoms with Crippen LogP contribution in [0.2, 0.25) is 0 Å². The molecule has 0 saturated heterocycles. The number of rotatable bonds is 10. The molecule has 0 heterocycles. The lowest BCUT2D eigenvalue weighted by Crippen LogP contribution is -2.30. The van der Waals surface area contributed by atoms with Crippen LogP contribution in [0, 0.1) is 6.92 Å². The number of hydrogen-bond acceptors (Lipinski definition) is 2. The van der Waals surface area contributed by atoms with E-state index in [1.165, 1.54) is 38.8 Å². The third-order valence-corrected chi connectivity index (χ3v) is 10.1. The SMILES string of the molecule is CCN(CC)c1cccc(C)c1PC(C)(CC)c1cc(C(C)(C)C)cc(C(C)(C)C)c1OCc1ccccc1. The Balaban J connectivity index is 2.27. The Labute approximate surface area is 241 Å². The molecule has 0 aliphatic carbocycles. The van der Waals surface area contributed by atoms with Crippen LogP contribution in [0.3, 0.4) is 0 Å². The molecule has 0 fully saturated rings. The zero-order valence-corrected chi connectivity index (χ0v) is 27.5. The Morgan fingerprint density at radius 3 is 1.90 bits per heavy atom. The molecule has 2 nitrogen and oxygen atoms in total. The lowest BCUT2D eigenvalue weighted by Gasteiger charge is -2.37. The number of anilines is 1. The van der Waals surface area contributed by atoms with Crippen molar-refractivity contribution in [3.05, 3.63) is 88.5 Å². The molecule has 0 aromatic heterocycles. The van der Waals surface area contributed by atoms with Crippen LogP contribution in [0.1, 0.15) is 103 Å². The molecule has 0 spiro atoms. The van der Waals surface area contributed by atoms with Crippen molar-refractivity contribution in [3.63, 3.8) is 0 Å². The van der Waals surface area contributed by atoms with Crippen molar-refractivity contribution in [3.8, 4) is 5.75 Å². The number of hydrogen-bond donors (Lipinski definition) is 0. The Hall–Kier alpha value is -2.31. The largest absolute Gasteiger partial charge is 0.488 e. The van der Waals surface area contributed by atoms with Crippen LogP contribution in [-0.4, -0.2) is 13.1 Å². The summed E-state index contributed by atoms with van der Waals surface area (Å²) in [5.41, 5.74) is 8.00. The van der Waals surface area contributed by atoms with Crippen molar-refractivity contribution >= 4 is 19.6 Å². The quantitative estimate of drug-likeness (QED) is 0.235. The molecule has 3 aromatic rings. The van der Waals surface area contributed by atoms with E-state index in [1.54, 1.807) is 0 Å². The van der Waals surface area contributed by atoms with E-state index in [4.69, 9.17) is 4.74 Å². The third kappa shape index (κ3) is 7.26. The van der Waals surface area contributed by atoms with Crippen molar-refractivity contribution in [1.82, 2.24) is 0 Å². The molecule has 3 aromatic carbocycles. The van der Waals surface area contributed by atoms with Gasteiger partial charge in [-0.2, -0.15) is 0 Å². The molecule has 3 rings (SSSR count). The van der Waals surface area contributed by atoms with Gasteiger partial charge in [0.05, 0.1) is 0 Å². The second-order valence-electron chi connectivity index (χ2n) is 13.1. The number of aryl methyl sites for hydroxylation is 1. The van der Waals surface area contributed by atoms with Crippen LogP contribution in [-0.2, 0) is 22.6 Å². The van der Waals surface area contributed by atoms with Crippen molar-refractivity contribution < 1.29 is 4.74 Å². The van der Waals surface area contributed by atoms with E-state index in [-0.39, 0.29) is 16.0 Å². The molecule has 39 heavy (non-hydrogen) atoms. The topological polar surface area (TPSA) is 12.5 Å². The van der Waals surface area contributed by atoms with E-state index in [9.17, 15) is 0 Å². The monoisotopic (exact) mass is 545 g/mol. The first kappa shape index (κ1) is 31.2. The van der Waals surface area contributed by atoms with Crippen LogP contribution < -0.4 is 14.9 Å². The molecule has 0 N–H and O–H groups in total. The van der Waals surface area contributed by atoms with Gasteiger partial charge in [-0.15, -0.1) is 0 Å². The minimum Gasteiger partial charge on any atom is -0.488 e. The van der Waals surface area contributed by atoms with Gasteiger partial charge in [0.2, 0.25) is 0 Å². The number of ether oxygens (including phenoxy) is 1. The van der Waals surface area contributed by atoms with Gasteiger partial charge in [0, 0.05) is 35.1 Å². The lowest BCUT2D eigenvalue weighted by molar-refractivity contribution is 0.290. The van der Waals surface area contributed by atoms with Gasteiger partial charge in [0.25, 0.3) is 0 Å². The van der Waals surface area contributed by atoms with Crippen LogP contribution in [0.4, 0.5) is 5.69 Å². The summed E-state index contributed by atoms with van der Waals surface area (Å²) in [6.07, 6.45) is 1.04. The predicted octanol–water partition coefficient (Wildman–Crippen LogP) is 9.64. The summed E-state index contributed by atoms with van der Waals surface area (Å²) in [7, 11) is 0.628. The van der Waals surface area contributed by atoms with Gasteiger partial charge in [-0.05, 0) is 66.1 Å². The van der Waals surface area contributed by atoms with Crippen molar-refractivity contribution in [2.24, 2.45) is 0 Å². The molecule has 2 atom stereocenters. The molecular weight excluding hydrogens is 493 g/mol. The lowest BCUT2D eigenvalue weighted by atomic mass is 9.77. The highest BCUT2D eigenvalue weighted by molar-refractivity contribution is 7.49. The number of nitrogens with zero attached hydrogens (tertiary/aromatic N) is 1. The molecule has 0 aliphatic rings. The van der Waals surface area contributed by atoms with Crippen LogP contribution in [0.15, 0.2) is 60.7 Å². The van der Waals surface area contributed by atoms with Gasteiger partial charge in [0.1, 0.15) is 12.4 Å². The van der Waals surface area contributed by atoms with Gasteiger partial charge >= 0.3 is 0 Å². The van der Waals surface area contributed by atoms with E-state index in [1.807, 2.05) is 0 Å². The Kier molecular flexibility index (Phi) is 9.98. The smallest absolute Gasteiger partial charge is 0.127 e. The fraction of sp³-hybridized carbons (Fsp3) is 0.500. The van der Waals surface area contributed by atoms with Crippen molar-refractivity contribution in [2.75, 3.05) is 18.0 Å². The Bertz CT molecular complexity index is 1230. The summed E-state index contributed by atoms with van der Waals surface area (Å²) in [5, 5.41) is 1.42. The van der Waals surface area contributed by atoms with Gasteiger partial charge in [-0.25, -0.2) is 0 Å². The van der Waals surface area contributed by atoms with E-state index in [2.05, 4.69) is 142 Å². The molecule has 3 heteroatoms. The van der Waals surface area contributed by atoms with Gasteiger partial charge in [-0.3, -0.25) is 0 Å². The second-order valence-corrected chi connectivity index (χ2v) is 15.0. The summed E-state index contributed by atoms with van der Waals surface area (Å²) in [6.45, 7) is 28.2. The number of benzene rings is 3. The first-order valence-corrected chi connectivity index (χ1v) is 15.7. The average molecular weight is 546 g/mol. The fourth-order valence-electron chi connectivity index (χ4n) is 5.18. The molecule has 0 aliphatic heterocycles. The first-order chi connectivity index (χ1) is 18.2. The Morgan fingerprint density at radius 2 is 1.36 bits per heavy atom. The van der Waals surface area contributed by atoms with E-state index in [0.29, 0.717) is 15.2 Å². The Morgan fingerprint density at radius 1 is 0.744 bits per heavy atom. The fourth-order valence-corrected chi connectivity index (χ4v) is 6.88. The summed E-state index contributed by atoms with van der Waals surface area (Å²) < 4.78 is 6.88. The van der Waals surface area contributed by atoms with E-state index >= 15 is 0 Å². The standard InChI is InChI=1S/C36H52NOP/c1-12-36(11,39-33-26(4)19-18-22-31(33)37(13-2)14-3)30-24-28(34(5,6)7)23-29(35(8,9)10)32(30)38-25-27-20-16-15-17-21-27/h15-24,39H,12-14,25H2,1-11H3. The first-order valence-electron chi connectivity index (χ1n) is 14.7. The predicted molar refractivity (Wildman–Crippen MR) is 175 cm³/mol. The maximum absolute atomic E-state index is 6.88. The molecule has 0 radical (unpaired) electrons. The van der Waals surface area contributed by atoms with Crippen molar-refractivity contribution in [1.29, 1.82) is 0 Å². The van der Waals surface area contributed by atoms with E-state index < -0.39 is 0 Å². The molecule has 0 saturated carbocycles. The highest BCUT2D eigenvalue weighted by atomic mass is 31.1. The maximum atomic E-state index is 6.88. The highest BCUT2D eigenvalue weighted by Gasteiger charge is 2.35. The maximum Gasteiger partial charge on any atom is 0.127 e. The molecule has 2 unspecified atom stereocenters. The van der Waals surface area contributed by atoms with Crippen LogP contribution >= 0.6 is 8.58 Å². The zero-order valence-electron chi connectivity index (χ0n) is 26.5. The summed E-state index contributed by atoms with van der Waals surface area (Å²) in [5.74, 6) is 1.08. The zero-order chi connectivity index (χ0) is 29.0. The average Bonchev–Trinajstić information content (AvgIpc) is 2.89. The van der Waals surface area contributed by atoms with E-state index in [0.717, 1.165) is 25.3 Å². The summed E-state index contributed by atoms with van der Waals surface area (Å²) in [4.78, 5) is 2.50. The summed E-state index contributed by atoms with van der Waals surface area (Å²) in [6, 6.07) is 22.3. The van der Waals surface area contributed by atoms with Crippen LogP contribution in [0.25, 0.3) is 0 Å². The molecule has 0 bridgehead atoms. The van der Waals surface area contributed by atoms with Gasteiger partial charge < -0.3 is 9.64 Å². The van der Waals surface area contributed by atoms with Gasteiger partial charge in [-0.1, -0.05) is 119 Å². The van der Waals surface area contributed by atoms with Crippen molar-refractivity contribution in [2.45, 2.75) is 105 Å². The normalized spacial score (nSPS) is 14.0.